The fraction of sp³-hybridized carbons (Fsp3) is 0.111. The maximum atomic E-state index is 6.07. The van der Waals surface area contributed by atoms with Crippen molar-refractivity contribution in [1.82, 2.24) is 24.6 Å². The molecule has 1 aromatic carbocycles. The second-order valence-electron chi connectivity index (χ2n) is 5.74. The molecular weight excluding hydrogens is 416 g/mol. The molecule has 1 N–H and O–H groups in total. The van der Waals surface area contributed by atoms with E-state index in [1.54, 1.807) is 10.7 Å². The normalized spacial score (nSPS) is 12.3. The molecule has 3 heterocycles. The summed E-state index contributed by atoms with van der Waals surface area (Å²) in [5, 5.41) is 8.49. The monoisotopic (exact) mass is 428 g/mol. The molecule has 0 unspecified atom stereocenters. The zero-order valence-corrected chi connectivity index (χ0v) is 16.1. The lowest BCUT2D eigenvalue weighted by molar-refractivity contribution is 0.839. The Kier molecular flexibility index (Phi) is 4.57. The molecule has 0 saturated carbocycles. The van der Waals surface area contributed by atoms with Crippen LogP contribution < -0.4 is 5.32 Å². The molecule has 6 nitrogen and oxygen atoms in total. The molecule has 0 saturated heterocycles. The van der Waals surface area contributed by atoms with Crippen molar-refractivity contribution in [2.75, 3.05) is 5.32 Å². The lowest BCUT2D eigenvalue weighted by Crippen LogP contribution is -2.12. The molecule has 0 amide bonds. The Balaban J connectivity index is 1.80. The lowest BCUT2D eigenvalue weighted by Gasteiger charge is -2.19. The highest BCUT2D eigenvalue weighted by molar-refractivity contribution is 9.10. The molecule has 1 atom stereocenters. The first-order valence-corrected chi connectivity index (χ1v) is 9.13. The van der Waals surface area contributed by atoms with Gasteiger partial charge in [-0.1, -0.05) is 41.9 Å². The van der Waals surface area contributed by atoms with Crippen molar-refractivity contribution in [3.05, 3.63) is 70.3 Å². The highest BCUT2D eigenvalue weighted by Crippen LogP contribution is 2.32. The van der Waals surface area contributed by atoms with E-state index < -0.39 is 0 Å². The lowest BCUT2D eigenvalue weighted by atomic mass is 10.0. The smallest absolute Gasteiger partial charge is 0.153 e. The molecule has 8 heteroatoms. The van der Waals surface area contributed by atoms with Crippen LogP contribution in [0.5, 0.6) is 0 Å². The van der Waals surface area contributed by atoms with Crippen LogP contribution in [0.25, 0.3) is 16.9 Å². The van der Waals surface area contributed by atoms with Gasteiger partial charge >= 0.3 is 0 Å². The Bertz CT molecular complexity index is 1070. The summed E-state index contributed by atoms with van der Waals surface area (Å²) in [5.41, 5.74) is 3.71. The molecule has 4 rings (SSSR count). The molecule has 0 fully saturated rings. The van der Waals surface area contributed by atoms with Gasteiger partial charge in [-0.3, -0.25) is 0 Å². The van der Waals surface area contributed by atoms with E-state index in [4.69, 9.17) is 16.7 Å². The third kappa shape index (κ3) is 3.15. The molecule has 0 spiro atoms. The summed E-state index contributed by atoms with van der Waals surface area (Å²) < 4.78 is 2.40. The minimum Gasteiger partial charge on any atom is -0.362 e. The predicted octanol–water partition coefficient (Wildman–Crippen LogP) is 4.78. The summed E-state index contributed by atoms with van der Waals surface area (Å²) in [6.45, 7) is 2.05. The maximum absolute atomic E-state index is 6.07. The number of imidazole rings is 1. The highest BCUT2D eigenvalue weighted by Gasteiger charge is 2.18. The van der Waals surface area contributed by atoms with Crippen LogP contribution in [0.1, 0.15) is 18.5 Å². The standard InChI is InChI=1S/C18H14BrClN6/c1-11(24-18-15(19)17(20)22-10-23-18)13-9-14-21-7-8-26(14)25-16(13)12-5-3-2-4-6-12/h2-11H,1H3,(H,22,23,24)/t11-/m0/s1. The second-order valence-corrected chi connectivity index (χ2v) is 6.89. The third-order valence-corrected chi connectivity index (χ3v) is 5.30. The van der Waals surface area contributed by atoms with Crippen molar-refractivity contribution in [3.8, 4) is 11.3 Å². The molecule has 0 aliphatic carbocycles. The Morgan fingerprint density at radius 2 is 1.96 bits per heavy atom. The Hall–Kier alpha value is -2.51. The van der Waals surface area contributed by atoms with Gasteiger partial charge in [0.15, 0.2) is 5.65 Å². The third-order valence-electron chi connectivity index (χ3n) is 4.03. The first kappa shape index (κ1) is 16.9. The summed E-state index contributed by atoms with van der Waals surface area (Å²) in [6, 6.07) is 12.0. The zero-order valence-electron chi connectivity index (χ0n) is 13.8. The minimum absolute atomic E-state index is 0.0818. The number of fused-ring (bicyclic) bond motifs is 1. The number of hydrogen-bond donors (Lipinski definition) is 1. The van der Waals surface area contributed by atoms with E-state index in [0.717, 1.165) is 22.5 Å². The van der Waals surface area contributed by atoms with Crippen LogP contribution >= 0.6 is 27.5 Å². The molecule has 130 valence electrons. The summed E-state index contributed by atoms with van der Waals surface area (Å²) in [4.78, 5) is 12.6. The molecular formula is C18H14BrClN6. The van der Waals surface area contributed by atoms with E-state index in [1.165, 1.54) is 6.33 Å². The van der Waals surface area contributed by atoms with Crippen molar-refractivity contribution in [1.29, 1.82) is 0 Å². The van der Waals surface area contributed by atoms with Gasteiger partial charge in [-0.2, -0.15) is 5.10 Å². The average molecular weight is 430 g/mol. The van der Waals surface area contributed by atoms with Gasteiger partial charge in [-0.05, 0) is 28.9 Å². The molecule has 0 aliphatic rings. The van der Waals surface area contributed by atoms with Crippen LogP contribution in [0.2, 0.25) is 5.15 Å². The van der Waals surface area contributed by atoms with Gasteiger partial charge in [0.25, 0.3) is 0 Å². The number of anilines is 1. The van der Waals surface area contributed by atoms with Crippen LogP contribution in [0, 0.1) is 0 Å². The molecule has 26 heavy (non-hydrogen) atoms. The Morgan fingerprint density at radius 3 is 2.77 bits per heavy atom. The number of nitrogens with zero attached hydrogens (tertiary/aromatic N) is 5. The van der Waals surface area contributed by atoms with Gasteiger partial charge in [-0.15, -0.1) is 0 Å². The van der Waals surface area contributed by atoms with E-state index in [2.05, 4.69) is 36.2 Å². The van der Waals surface area contributed by atoms with Gasteiger partial charge < -0.3 is 5.32 Å². The van der Waals surface area contributed by atoms with Crippen LogP contribution in [0.4, 0.5) is 5.82 Å². The average Bonchev–Trinajstić information content (AvgIpc) is 3.12. The largest absolute Gasteiger partial charge is 0.362 e. The Morgan fingerprint density at radius 1 is 1.15 bits per heavy atom. The van der Waals surface area contributed by atoms with Gasteiger partial charge in [0.05, 0.1) is 16.2 Å². The second kappa shape index (κ2) is 7.01. The molecule has 4 aromatic rings. The van der Waals surface area contributed by atoms with E-state index in [0.29, 0.717) is 15.4 Å². The molecule has 3 aromatic heterocycles. The van der Waals surface area contributed by atoms with Crippen molar-refractivity contribution in [2.24, 2.45) is 0 Å². The van der Waals surface area contributed by atoms with Crippen molar-refractivity contribution in [2.45, 2.75) is 13.0 Å². The number of rotatable bonds is 4. The van der Waals surface area contributed by atoms with E-state index in [9.17, 15) is 0 Å². The van der Waals surface area contributed by atoms with Gasteiger partial charge in [-0.25, -0.2) is 19.5 Å². The van der Waals surface area contributed by atoms with Gasteiger partial charge in [0, 0.05) is 23.5 Å². The van der Waals surface area contributed by atoms with E-state index >= 15 is 0 Å². The SMILES string of the molecule is C[C@H](Nc1ncnc(Cl)c1Br)c1cc2nccn2nc1-c1ccccc1. The van der Waals surface area contributed by atoms with Crippen molar-refractivity contribution >= 4 is 39.0 Å². The van der Waals surface area contributed by atoms with Crippen LogP contribution in [-0.2, 0) is 0 Å². The first-order chi connectivity index (χ1) is 12.6. The molecule has 0 radical (unpaired) electrons. The highest BCUT2D eigenvalue weighted by atomic mass is 79.9. The zero-order chi connectivity index (χ0) is 18.1. The topological polar surface area (TPSA) is 68.0 Å². The summed E-state index contributed by atoms with van der Waals surface area (Å²) >= 11 is 9.50. The van der Waals surface area contributed by atoms with Crippen LogP contribution in [0.15, 0.2) is 59.6 Å². The van der Waals surface area contributed by atoms with E-state index in [-0.39, 0.29) is 6.04 Å². The minimum atomic E-state index is -0.0818. The summed E-state index contributed by atoms with van der Waals surface area (Å²) in [7, 11) is 0. The fourth-order valence-corrected chi connectivity index (χ4v) is 3.20. The number of benzene rings is 1. The summed E-state index contributed by atoms with van der Waals surface area (Å²) in [6.07, 6.45) is 5.00. The molecule has 0 bridgehead atoms. The molecule has 0 aliphatic heterocycles. The first-order valence-electron chi connectivity index (χ1n) is 7.95. The Labute approximate surface area is 163 Å². The van der Waals surface area contributed by atoms with Crippen LogP contribution in [-0.4, -0.2) is 24.6 Å². The number of halogens is 2. The summed E-state index contributed by atoms with van der Waals surface area (Å²) in [5.74, 6) is 0.625. The quantitative estimate of drug-likeness (QED) is 0.473. The van der Waals surface area contributed by atoms with Gasteiger partial charge in [0.2, 0.25) is 0 Å². The number of hydrogen-bond acceptors (Lipinski definition) is 5. The maximum Gasteiger partial charge on any atom is 0.153 e. The number of aromatic nitrogens is 5. The fourth-order valence-electron chi connectivity index (χ4n) is 2.75. The van der Waals surface area contributed by atoms with Crippen LogP contribution in [0.3, 0.4) is 0 Å². The number of nitrogens with one attached hydrogen (secondary N) is 1. The van der Waals surface area contributed by atoms with E-state index in [1.807, 2.05) is 49.5 Å². The predicted molar refractivity (Wildman–Crippen MR) is 105 cm³/mol. The van der Waals surface area contributed by atoms with Crippen molar-refractivity contribution < 1.29 is 0 Å². The van der Waals surface area contributed by atoms with Crippen molar-refractivity contribution in [3.63, 3.8) is 0 Å². The van der Waals surface area contributed by atoms with Gasteiger partial charge in [0.1, 0.15) is 17.3 Å².